The van der Waals surface area contributed by atoms with Gasteiger partial charge in [0.2, 0.25) is 0 Å². The molecule has 1 saturated heterocycles. The molecule has 5 rings (SSSR count). The number of aromatic nitrogens is 4. The first kappa shape index (κ1) is 70.4. The molecule has 0 radical (unpaired) electrons. The number of cyclic esters (lactones) is 4. The van der Waals surface area contributed by atoms with Crippen molar-refractivity contribution in [3.8, 4) is 12.1 Å². The van der Waals surface area contributed by atoms with Crippen molar-refractivity contribution in [2.75, 3.05) is 28.2 Å². The number of ether oxygens (including phenoxy) is 4. The Kier molecular flexibility index (Phi) is 25.6. The van der Waals surface area contributed by atoms with Gasteiger partial charge in [-0.1, -0.05) is 104 Å². The maximum atomic E-state index is 15.1. The van der Waals surface area contributed by atoms with Gasteiger partial charge in [0.25, 0.3) is 23.6 Å². The third-order valence-electron chi connectivity index (χ3n) is 15.6. The number of aryl methyl sites for hydroxylation is 2. The van der Waals surface area contributed by atoms with E-state index in [9.17, 15) is 39.3 Å². The van der Waals surface area contributed by atoms with Gasteiger partial charge in [0.05, 0.1) is 49.5 Å². The molecule has 0 spiro atoms. The van der Waals surface area contributed by atoms with Crippen molar-refractivity contribution < 1.29 is 57.3 Å². The van der Waals surface area contributed by atoms with E-state index in [1.165, 1.54) is 42.0 Å². The van der Waals surface area contributed by atoms with Crippen LogP contribution in [-0.4, -0.2) is 163 Å². The number of rotatable bonds is 18. The van der Waals surface area contributed by atoms with Crippen molar-refractivity contribution in [1.29, 1.82) is 10.5 Å². The number of likely N-dealkylation sites (N-methyl/N-ethyl adjacent to an activating group) is 4. The van der Waals surface area contributed by atoms with Crippen LogP contribution in [0.5, 0.6) is 0 Å². The summed E-state index contributed by atoms with van der Waals surface area (Å²) >= 11 is 0. The van der Waals surface area contributed by atoms with E-state index in [-0.39, 0.29) is 75.0 Å². The van der Waals surface area contributed by atoms with E-state index in [4.69, 9.17) is 18.9 Å². The highest BCUT2D eigenvalue weighted by Gasteiger charge is 2.43. The summed E-state index contributed by atoms with van der Waals surface area (Å²) in [6.07, 6.45) is -5.97. The topological polar surface area (TPSA) is 270 Å². The number of hydrogen-bond acceptors (Lipinski definition) is 16. The second-order valence-corrected chi connectivity index (χ2v) is 25.0. The Balaban J connectivity index is 1.58. The first-order valence-corrected chi connectivity index (χ1v) is 30.3. The molecule has 0 N–H and O–H groups in total. The minimum atomic E-state index is -1.57. The first-order chi connectivity index (χ1) is 41.4. The van der Waals surface area contributed by atoms with Crippen molar-refractivity contribution in [2.45, 2.75) is 196 Å². The molecule has 0 saturated carbocycles. The van der Waals surface area contributed by atoms with Crippen LogP contribution in [0, 0.1) is 60.2 Å². The molecule has 2 aromatic carbocycles. The molecular formula is C66H90N10O12. The third kappa shape index (κ3) is 19.3. The maximum absolute atomic E-state index is 15.1. The van der Waals surface area contributed by atoms with Crippen molar-refractivity contribution in [3.63, 3.8) is 0 Å². The molecule has 22 heteroatoms. The quantitative estimate of drug-likeness (QED) is 0.0724. The van der Waals surface area contributed by atoms with Gasteiger partial charge < -0.3 is 38.5 Å². The average molecular weight is 1220 g/mol. The molecule has 476 valence electrons. The lowest BCUT2D eigenvalue weighted by molar-refractivity contribution is -0.176. The van der Waals surface area contributed by atoms with Crippen LogP contribution in [0.1, 0.15) is 140 Å². The second-order valence-electron chi connectivity index (χ2n) is 25.0. The van der Waals surface area contributed by atoms with Crippen LogP contribution in [0.15, 0.2) is 60.7 Å². The number of amides is 4. The van der Waals surface area contributed by atoms with Crippen LogP contribution in [0.2, 0.25) is 0 Å². The molecule has 1 aliphatic rings. The van der Waals surface area contributed by atoms with Crippen molar-refractivity contribution in [3.05, 3.63) is 106 Å². The van der Waals surface area contributed by atoms with Crippen LogP contribution in [0.25, 0.3) is 0 Å². The predicted molar refractivity (Wildman–Crippen MR) is 326 cm³/mol. The van der Waals surface area contributed by atoms with Gasteiger partial charge in [-0.3, -0.25) is 28.5 Å². The largest absolute Gasteiger partial charge is 0.451 e. The van der Waals surface area contributed by atoms with Gasteiger partial charge in [-0.2, -0.15) is 20.7 Å². The second kappa shape index (κ2) is 32.0. The molecule has 22 nitrogen and oxygen atoms in total. The fourth-order valence-corrected chi connectivity index (χ4v) is 10.6. The number of carbonyl (C=O) groups excluding carboxylic acids is 8. The zero-order chi connectivity index (χ0) is 65.4. The van der Waals surface area contributed by atoms with E-state index in [2.05, 4.69) is 22.3 Å². The van der Waals surface area contributed by atoms with Gasteiger partial charge in [-0.25, -0.2) is 19.2 Å². The van der Waals surface area contributed by atoms with E-state index in [1.807, 2.05) is 106 Å². The number of nitriles is 2. The van der Waals surface area contributed by atoms with Gasteiger partial charge in [0.15, 0.2) is 24.4 Å². The highest BCUT2D eigenvalue weighted by molar-refractivity contribution is 5.94. The van der Waals surface area contributed by atoms with Gasteiger partial charge in [0.1, 0.15) is 24.2 Å². The van der Waals surface area contributed by atoms with Gasteiger partial charge in [-0.15, -0.1) is 0 Å². The lowest BCUT2D eigenvalue weighted by atomic mass is 9.99. The van der Waals surface area contributed by atoms with Crippen LogP contribution < -0.4 is 0 Å². The van der Waals surface area contributed by atoms with E-state index in [0.29, 0.717) is 35.6 Å². The zero-order valence-electron chi connectivity index (χ0n) is 54.1. The normalized spacial score (nSPS) is 22.0. The van der Waals surface area contributed by atoms with E-state index < -0.39 is 96.1 Å². The Bertz CT molecular complexity index is 2950. The molecule has 1 aliphatic heterocycles. The molecule has 0 aliphatic carbocycles. The summed E-state index contributed by atoms with van der Waals surface area (Å²) in [4.78, 5) is 123. The molecule has 8 atom stereocenters. The standard InChI is InChI=1S/C66H90N10O12/c1-39(2)29-53-63(81)85-45(11)59(77)71(13)56(32-42(7)8)66(84)88-58(36-48-19-23-50(24-20-48)38-76-44(10)34-52(70-76)26-28-68)62(80)74(16)54(30-40(3)4)64(82)86-46(12)60(78)72(14)55(31-41(5)6)65(83)87-57(61(79)73(53)15)35-47-17-21-49(22-18-47)37-75-43(9)33-51(69-75)25-27-67/h17-24,33-34,39-42,45-46,53-58H,25-26,29-32,35-38H2,1-16H3/t45-,46-,53+,54+,55+,56+,57-,58-/m1/s1. The number of benzene rings is 2. The van der Waals surface area contributed by atoms with Crippen LogP contribution in [0.4, 0.5) is 0 Å². The first-order valence-electron chi connectivity index (χ1n) is 30.3. The summed E-state index contributed by atoms with van der Waals surface area (Å²) in [6, 6.07) is 17.1. The Labute approximate surface area is 518 Å². The number of hydrogen-bond donors (Lipinski definition) is 0. The smallest absolute Gasteiger partial charge is 0.329 e. The Morgan fingerprint density at radius 2 is 0.693 bits per heavy atom. The zero-order valence-corrected chi connectivity index (χ0v) is 54.1. The minimum Gasteiger partial charge on any atom is -0.451 e. The summed E-state index contributed by atoms with van der Waals surface area (Å²) in [5.74, 6) is -7.74. The monoisotopic (exact) mass is 1210 g/mol. The predicted octanol–water partition coefficient (Wildman–Crippen LogP) is 6.90. The number of carbonyl (C=O) groups is 8. The highest BCUT2D eigenvalue weighted by Crippen LogP contribution is 2.25. The molecule has 0 bridgehead atoms. The van der Waals surface area contributed by atoms with Crippen LogP contribution in [0.3, 0.4) is 0 Å². The van der Waals surface area contributed by atoms with Gasteiger partial charge >= 0.3 is 23.9 Å². The van der Waals surface area contributed by atoms with Crippen molar-refractivity contribution >= 4 is 47.5 Å². The van der Waals surface area contributed by atoms with Crippen LogP contribution >= 0.6 is 0 Å². The molecule has 4 aromatic rings. The molecular weight excluding hydrogens is 1120 g/mol. The summed E-state index contributed by atoms with van der Waals surface area (Å²) < 4.78 is 27.8. The van der Waals surface area contributed by atoms with E-state index in [0.717, 1.165) is 42.1 Å². The summed E-state index contributed by atoms with van der Waals surface area (Å²) in [5, 5.41) is 27.5. The lowest BCUT2D eigenvalue weighted by Crippen LogP contribution is -2.55. The van der Waals surface area contributed by atoms with Gasteiger partial charge in [-0.05, 0) is 111 Å². The Hall–Kier alpha value is -8.40. The Morgan fingerprint density at radius 1 is 0.432 bits per heavy atom. The SMILES string of the molecule is Cc1cc(CC#N)nn1Cc1ccc(C[C@H]2OC(=O)[C@H](CC(C)C)N(C)C(=O)[C@@H](C)OC(=O)[C@H](CC(C)C)N(C)C(=O)[C@@H](Cc3ccc(Cn4nc(CC#N)cc4C)cc3)OC(=O)[C@H](CC(C)C)N(C)C(=O)[C@@H](C)OC(=O)[C@H](CC(C)C)N(C)C2=O)cc1. The fourth-order valence-electron chi connectivity index (χ4n) is 10.6. The summed E-state index contributed by atoms with van der Waals surface area (Å²) in [7, 11) is 5.51. The lowest BCUT2D eigenvalue weighted by Gasteiger charge is -2.35. The Morgan fingerprint density at radius 3 is 0.966 bits per heavy atom. The van der Waals surface area contributed by atoms with E-state index in [1.54, 1.807) is 33.6 Å². The molecule has 2 aromatic heterocycles. The number of nitrogens with zero attached hydrogens (tertiary/aromatic N) is 10. The molecule has 88 heavy (non-hydrogen) atoms. The highest BCUT2D eigenvalue weighted by atomic mass is 16.6. The van der Waals surface area contributed by atoms with Crippen molar-refractivity contribution in [1.82, 2.24) is 39.2 Å². The minimum absolute atomic E-state index is 0.0566. The fraction of sp³-hybridized carbons (Fsp3) is 0.576. The third-order valence-corrected chi connectivity index (χ3v) is 15.6. The van der Waals surface area contributed by atoms with Crippen LogP contribution in [-0.2, 0) is 96.1 Å². The molecule has 4 amide bonds. The summed E-state index contributed by atoms with van der Waals surface area (Å²) in [6.45, 7) is 22.0. The maximum Gasteiger partial charge on any atom is 0.329 e. The molecule has 3 heterocycles. The average Bonchev–Trinajstić information content (AvgIpc) is 3.41. The molecule has 0 unspecified atom stereocenters. The van der Waals surface area contributed by atoms with E-state index >= 15 is 9.59 Å². The molecule has 1 fully saturated rings. The summed E-state index contributed by atoms with van der Waals surface area (Å²) in [5.41, 5.74) is 5.85. The number of esters is 4. The van der Waals surface area contributed by atoms with Gasteiger partial charge in [0, 0.05) is 52.4 Å². The van der Waals surface area contributed by atoms with Crippen molar-refractivity contribution in [2.24, 2.45) is 23.7 Å².